The minimum atomic E-state index is -0.833. The molecule has 31 heavy (non-hydrogen) atoms. The number of hydrogen-bond donors (Lipinski definition) is 3. The normalized spacial score (nSPS) is 15.4. The van der Waals surface area contributed by atoms with E-state index in [0.29, 0.717) is 12.6 Å². The fourth-order valence-corrected chi connectivity index (χ4v) is 4.32. The van der Waals surface area contributed by atoms with E-state index in [9.17, 15) is 0 Å². The van der Waals surface area contributed by atoms with Crippen molar-refractivity contribution < 1.29 is 19.8 Å². The maximum absolute atomic E-state index is 9.00. The molecule has 0 aliphatic carbocycles. The summed E-state index contributed by atoms with van der Waals surface area (Å²) in [6.07, 6.45) is 2.60. The standard InChI is InChI=1S/C17H25N5S.2C2H4O2/c1-2-21-10-6-9-15(21)13-23-17-20-19-16(11-18)22(17)12-14-7-4-3-5-8-14;2*1-2(3)4/h3-5,7-8,15H,2,6,9-13,18H2,1H3;2*1H3,(H,3,4). The molecule has 1 aliphatic heterocycles. The zero-order valence-electron chi connectivity index (χ0n) is 18.4. The Kier molecular flexibility index (Phi) is 12.5. The van der Waals surface area contributed by atoms with Gasteiger partial charge >= 0.3 is 0 Å². The molecule has 2 heterocycles. The predicted molar refractivity (Wildman–Crippen MR) is 121 cm³/mol. The molecule has 0 spiro atoms. The molecule has 2 aromatic rings. The average Bonchev–Trinajstić information content (AvgIpc) is 3.32. The first-order chi connectivity index (χ1) is 14.8. The Morgan fingerprint density at radius 1 is 1.16 bits per heavy atom. The lowest BCUT2D eigenvalue weighted by Crippen LogP contribution is -2.31. The van der Waals surface area contributed by atoms with E-state index in [1.165, 1.54) is 24.9 Å². The Morgan fingerprint density at radius 3 is 2.32 bits per heavy atom. The van der Waals surface area contributed by atoms with Crippen LogP contribution in [0.3, 0.4) is 0 Å². The van der Waals surface area contributed by atoms with Crippen molar-refractivity contribution in [3.8, 4) is 0 Å². The smallest absolute Gasteiger partial charge is 0.300 e. The number of nitrogens with two attached hydrogens (primary N) is 1. The minimum Gasteiger partial charge on any atom is -0.481 e. The number of carboxylic acid groups (broad SMARTS) is 2. The summed E-state index contributed by atoms with van der Waals surface area (Å²) in [5, 5.41) is 24.5. The van der Waals surface area contributed by atoms with E-state index in [2.05, 4.69) is 50.9 Å². The summed E-state index contributed by atoms with van der Waals surface area (Å²) < 4.78 is 2.16. The van der Waals surface area contributed by atoms with Crippen LogP contribution in [0.2, 0.25) is 0 Å². The number of rotatable bonds is 7. The Bertz CT molecular complexity index is 780. The zero-order valence-corrected chi connectivity index (χ0v) is 19.2. The van der Waals surface area contributed by atoms with Gasteiger partial charge in [0, 0.05) is 25.6 Å². The van der Waals surface area contributed by atoms with Crippen LogP contribution in [0.5, 0.6) is 0 Å². The van der Waals surface area contributed by atoms with Crippen LogP contribution in [0.4, 0.5) is 0 Å². The lowest BCUT2D eigenvalue weighted by Gasteiger charge is -2.22. The van der Waals surface area contributed by atoms with Crippen LogP contribution in [0, 0.1) is 0 Å². The number of aliphatic carboxylic acids is 2. The summed E-state index contributed by atoms with van der Waals surface area (Å²) in [6.45, 7) is 7.98. The molecule has 1 unspecified atom stereocenters. The van der Waals surface area contributed by atoms with Gasteiger partial charge in [0.15, 0.2) is 5.16 Å². The number of nitrogens with zero attached hydrogens (tertiary/aromatic N) is 4. The van der Waals surface area contributed by atoms with Crippen molar-refractivity contribution in [2.45, 2.75) is 57.9 Å². The van der Waals surface area contributed by atoms with E-state index in [1.807, 2.05) is 17.8 Å². The third kappa shape index (κ3) is 10.4. The Balaban J connectivity index is 0.000000519. The molecule has 0 radical (unpaired) electrons. The quantitative estimate of drug-likeness (QED) is 0.543. The van der Waals surface area contributed by atoms with Gasteiger partial charge in [0.2, 0.25) is 0 Å². The Labute approximate surface area is 187 Å². The molecule has 0 bridgehead atoms. The van der Waals surface area contributed by atoms with Crippen LogP contribution in [-0.2, 0) is 22.7 Å². The van der Waals surface area contributed by atoms with Crippen LogP contribution in [0.25, 0.3) is 0 Å². The van der Waals surface area contributed by atoms with Gasteiger partial charge in [-0.25, -0.2) is 0 Å². The molecular formula is C21H33N5O4S. The zero-order chi connectivity index (χ0) is 23.2. The number of hydrogen-bond acceptors (Lipinski definition) is 7. The molecule has 1 aliphatic rings. The van der Waals surface area contributed by atoms with Crippen LogP contribution in [0.15, 0.2) is 35.5 Å². The van der Waals surface area contributed by atoms with Crippen molar-refractivity contribution in [2.75, 3.05) is 18.8 Å². The SMILES string of the molecule is CC(=O)O.CC(=O)O.CCN1CCCC1CSc1nnc(CN)n1Cc1ccccc1. The molecule has 1 atom stereocenters. The van der Waals surface area contributed by atoms with Crippen LogP contribution < -0.4 is 5.73 Å². The van der Waals surface area contributed by atoms with Crippen molar-refractivity contribution in [2.24, 2.45) is 5.73 Å². The van der Waals surface area contributed by atoms with Gasteiger partial charge < -0.3 is 20.5 Å². The lowest BCUT2D eigenvalue weighted by atomic mass is 10.2. The second-order valence-electron chi connectivity index (χ2n) is 6.95. The van der Waals surface area contributed by atoms with Crippen molar-refractivity contribution in [1.82, 2.24) is 19.7 Å². The van der Waals surface area contributed by atoms with Crippen molar-refractivity contribution >= 4 is 23.7 Å². The van der Waals surface area contributed by atoms with E-state index >= 15 is 0 Å². The fourth-order valence-electron chi connectivity index (χ4n) is 3.17. The first kappa shape index (κ1) is 26.6. The van der Waals surface area contributed by atoms with E-state index in [1.54, 1.807) is 0 Å². The van der Waals surface area contributed by atoms with Gasteiger partial charge in [0.05, 0.1) is 13.1 Å². The van der Waals surface area contributed by atoms with Crippen LogP contribution in [0.1, 0.15) is 45.0 Å². The summed E-state index contributed by atoms with van der Waals surface area (Å²) in [6, 6.07) is 11.1. The summed E-state index contributed by atoms with van der Waals surface area (Å²) in [7, 11) is 0. The number of aromatic nitrogens is 3. The average molecular weight is 452 g/mol. The lowest BCUT2D eigenvalue weighted by molar-refractivity contribution is -0.135. The molecule has 9 nitrogen and oxygen atoms in total. The Morgan fingerprint density at radius 2 is 1.77 bits per heavy atom. The minimum absolute atomic E-state index is 0.422. The summed E-state index contributed by atoms with van der Waals surface area (Å²) in [5.41, 5.74) is 7.09. The highest BCUT2D eigenvalue weighted by Crippen LogP contribution is 2.25. The highest BCUT2D eigenvalue weighted by Gasteiger charge is 2.24. The molecule has 1 aromatic heterocycles. The van der Waals surface area contributed by atoms with Gasteiger partial charge in [-0.05, 0) is 31.5 Å². The van der Waals surface area contributed by atoms with Crippen molar-refractivity contribution in [3.63, 3.8) is 0 Å². The van der Waals surface area contributed by atoms with Crippen LogP contribution >= 0.6 is 11.8 Å². The van der Waals surface area contributed by atoms with E-state index in [4.69, 9.17) is 25.5 Å². The van der Waals surface area contributed by atoms with Crippen LogP contribution in [-0.4, -0.2) is 66.7 Å². The molecule has 3 rings (SSSR count). The van der Waals surface area contributed by atoms with Gasteiger partial charge in [-0.15, -0.1) is 10.2 Å². The predicted octanol–water partition coefficient (Wildman–Crippen LogP) is 2.54. The Hall–Kier alpha value is -2.43. The summed E-state index contributed by atoms with van der Waals surface area (Å²) in [4.78, 5) is 20.6. The number of likely N-dealkylation sites (tertiary alicyclic amines) is 1. The van der Waals surface area contributed by atoms with Gasteiger partial charge in [0.1, 0.15) is 5.82 Å². The molecule has 0 amide bonds. The molecule has 172 valence electrons. The van der Waals surface area contributed by atoms with Crippen molar-refractivity contribution in [1.29, 1.82) is 0 Å². The van der Waals surface area contributed by atoms with Gasteiger partial charge in [-0.1, -0.05) is 49.0 Å². The molecular weight excluding hydrogens is 418 g/mol. The molecule has 1 aromatic carbocycles. The number of carboxylic acids is 2. The topological polar surface area (TPSA) is 135 Å². The highest BCUT2D eigenvalue weighted by atomic mass is 32.2. The molecule has 1 saturated heterocycles. The number of benzene rings is 1. The molecule has 10 heteroatoms. The second kappa shape index (κ2) is 14.6. The number of carbonyl (C=O) groups is 2. The van der Waals surface area contributed by atoms with E-state index in [0.717, 1.165) is 43.7 Å². The summed E-state index contributed by atoms with van der Waals surface area (Å²) >= 11 is 1.81. The van der Waals surface area contributed by atoms with Gasteiger partial charge in [-0.2, -0.15) is 0 Å². The maximum atomic E-state index is 9.00. The fraction of sp³-hybridized carbons (Fsp3) is 0.524. The van der Waals surface area contributed by atoms with Gasteiger partial charge in [-0.3, -0.25) is 14.5 Å². The number of thioether (sulfide) groups is 1. The summed E-state index contributed by atoms with van der Waals surface area (Å²) in [5.74, 6) is 0.265. The molecule has 1 fully saturated rings. The van der Waals surface area contributed by atoms with Gasteiger partial charge in [0.25, 0.3) is 11.9 Å². The van der Waals surface area contributed by atoms with E-state index in [-0.39, 0.29) is 0 Å². The molecule has 4 N–H and O–H groups in total. The molecule has 0 saturated carbocycles. The monoisotopic (exact) mass is 451 g/mol. The largest absolute Gasteiger partial charge is 0.481 e. The first-order valence-corrected chi connectivity index (χ1v) is 11.2. The highest BCUT2D eigenvalue weighted by molar-refractivity contribution is 7.99. The van der Waals surface area contributed by atoms with Crippen molar-refractivity contribution in [3.05, 3.63) is 41.7 Å². The third-order valence-corrected chi connectivity index (χ3v) is 5.58. The maximum Gasteiger partial charge on any atom is 0.300 e. The van der Waals surface area contributed by atoms with E-state index < -0.39 is 11.9 Å². The third-order valence-electron chi connectivity index (χ3n) is 4.47. The first-order valence-electron chi connectivity index (χ1n) is 10.2. The second-order valence-corrected chi connectivity index (χ2v) is 7.94.